The first-order valence-electron chi connectivity index (χ1n) is 4.85. The smallest absolute Gasteiger partial charge is 0.319 e. The lowest BCUT2D eigenvalue weighted by atomic mass is 10.0. The molecule has 2 rings (SSSR count). The van der Waals surface area contributed by atoms with Crippen LogP contribution in [0.3, 0.4) is 0 Å². The molecule has 0 aromatic carbocycles. The molecular formula is C9H18ClN3O. The summed E-state index contributed by atoms with van der Waals surface area (Å²) in [5.74, 6) is 1.40. The molecule has 5 heteroatoms. The second-order valence-electron chi connectivity index (χ2n) is 4.26. The van der Waals surface area contributed by atoms with Crippen LogP contribution in [0.1, 0.15) is 0 Å². The van der Waals surface area contributed by atoms with E-state index in [4.69, 9.17) is 0 Å². The van der Waals surface area contributed by atoms with Crippen LogP contribution in [0.15, 0.2) is 0 Å². The number of hydrogen-bond acceptors (Lipinski definition) is 2. The van der Waals surface area contributed by atoms with Crippen LogP contribution >= 0.6 is 12.4 Å². The Balaban J connectivity index is 0.000000980. The van der Waals surface area contributed by atoms with E-state index in [1.54, 1.807) is 4.90 Å². The standard InChI is InChI=1S/C9H17N3O.ClH/c1-11(2)9(13)12-5-7-3-10-4-8(7)6-12;/h7-8,10H,3-6H2,1-2H3;1H. The van der Waals surface area contributed by atoms with E-state index in [0.717, 1.165) is 26.2 Å². The third kappa shape index (κ3) is 1.96. The fraction of sp³-hybridized carbons (Fsp3) is 0.889. The number of fused-ring (bicyclic) bond motifs is 1. The van der Waals surface area contributed by atoms with Crippen molar-refractivity contribution >= 4 is 18.4 Å². The topological polar surface area (TPSA) is 35.6 Å². The molecule has 0 bridgehead atoms. The van der Waals surface area contributed by atoms with Crippen LogP contribution in [0.2, 0.25) is 0 Å². The van der Waals surface area contributed by atoms with Gasteiger partial charge in [0.05, 0.1) is 0 Å². The zero-order chi connectivity index (χ0) is 9.42. The summed E-state index contributed by atoms with van der Waals surface area (Å²) < 4.78 is 0. The molecule has 82 valence electrons. The molecule has 0 radical (unpaired) electrons. The van der Waals surface area contributed by atoms with Gasteiger partial charge in [-0.3, -0.25) is 0 Å². The fourth-order valence-electron chi connectivity index (χ4n) is 2.29. The number of rotatable bonds is 0. The number of nitrogens with zero attached hydrogens (tertiary/aromatic N) is 2. The van der Waals surface area contributed by atoms with Crippen molar-refractivity contribution < 1.29 is 4.79 Å². The van der Waals surface area contributed by atoms with Crippen molar-refractivity contribution in [1.82, 2.24) is 15.1 Å². The summed E-state index contributed by atoms with van der Waals surface area (Å²) in [5.41, 5.74) is 0. The fourth-order valence-corrected chi connectivity index (χ4v) is 2.29. The number of urea groups is 1. The minimum atomic E-state index is 0. The Morgan fingerprint density at radius 1 is 1.29 bits per heavy atom. The third-order valence-electron chi connectivity index (χ3n) is 3.04. The van der Waals surface area contributed by atoms with E-state index in [2.05, 4.69) is 5.32 Å². The normalized spacial score (nSPS) is 29.7. The van der Waals surface area contributed by atoms with Gasteiger partial charge in [0.15, 0.2) is 0 Å². The summed E-state index contributed by atoms with van der Waals surface area (Å²) in [6.45, 7) is 4.05. The molecule has 0 aromatic rings. The molecule has 2 saturated heterocycles. The van der Waals surface area contributed by atoms with Crippen LogP contribution in [0.25, 0.3) is 0 Å². The lowest BCUT2D eigenvalue weighted by Gasteiger charge is -2.21. The predicted octanol–water partition coefficient (Wildman–Crippen LogP) is 0.241. The first-order valence-corrected chi connectivity index (χ1v) is 4.85. The molecule has 0 saturated carbocycles. The molecule has 2 atom stereocenters. The highest BCUT2D eigenvalue weighted by Gasteiger charge is 2.38. The second-order valence-corrected chi connectivity index (χ2v) is 4.26. The highest BCUT2D eigenvalue weighted by Crippen LogP contribution is 2.26. The summed E-state index contributed by atoms with van der Waals surface area (Å²) in [7, 11) is 3.63. The Hall–Kier alpha value is -0.480. The van der Waals surface area contributed by atoms with E-state index in [1.807, 2.05) is 19.0 Å². The highest BCUT2D eigenvalue weighted by molar-refractivity contribution is 5.85. The van der Waals surface area contributed by atoms with Crippen LogP contribution in [0.5, 0.6) is 0 Å². The molecule has 0 spiro atoms. The van der Waals surface area contributed by atoms with Crippen molar-refractivity contribution in [3.05, 3.63) is 0 Å². The quantitative estimate of drug-likeness (QED) is 0.634. The van der Waals surface area contributed by atoms with Gasteiger partial charge in [0.2, 0.25) is 0 Å². The monoisotopic (exact) mass is 219 g/mol. The molecule has 14 heavy (non-hydrogen) atoms. The van der Waals surface area contributed by atoms with Crippen molar-refractivity contribution in [2.24, 2.45) is 11.8 Å². The van der Waals surface area contributed by atoms with E-state index in [9.17, 15) is 4.79 Å². The molecule has 0 aromatic heterocycles. The minimum Gasteiger partial charge on any atom is -0.331 e. The van der Waals surface area contributed by atoms with E-state index < -0.39 is 0 Å². The highest BCUT2D eigenvalue weighted by atomic mass is 35.5. The van der Waals surface area contributed by atoms with Gasteiger partial charge in [-0.1, -0.05) is 0 Å². The van der Waals surface area contributed by atoms with Gasteiger partial charge >= 0.3 is 6.03 Å². The summed E-state index contributed by atoms with van der Waals surface area (Å²) in [5, 5.41) is 3.36. The molecule has 2 amide bonds. The van der Waals surface area contributed by atoms with Crippen LogP contribution in [0.4, 0.5) is 4.79 Å². The molecule has 2 unspecified atom stereocenters. The van der Waals surface area contributed by atoms with Gasteiger partial charge in [0, 0.05) is 40.3 Å². The molecule has 2 heterocycles. The van der Waals surface area contributed by atoms with Gasteiger partial charge < -0.3 is 15.1 Å². The Labute approximate surface area is 91.0 Å². The second kappa shape index (κ2) is 4.36. The Morgan fingerprint density at radius 2 is 1.79 bits per heavy atom. The van der Waals surface area contributed by atoms with E-state index in [0.29, 0.717) is 11.8 Å². The Bertz CT molecular complexity index is 210. The molecule has 2 aliphatic heterocycles. The van der Waals surface area contributed by atoms with Gasteiger partial charge in [-0.15, -0.1) is 12.4 Å². The minimum absolute atomic E-state index is 0. The first kappa shape index (κ1) is 11.6. The van der Waals surface area contributed by atoms with E-state index in [-0.39, 0.29) is 18.4 Å². The maximum absolute atomic E-state index is 11.6. The number of halogens is 1. The van der Waals surface area contributed by atoms with E-state index in [1.165, 1.54) is 0 Å². The Morgan fingerprint density at radius 3 is 2.21 bits per heavy atom. The zero-order valence-corrected chi connectivity index (χ0v) is 9.51. The lowest BCUT2D eigenvalue weighted by Crippen LogP contribution is -2.39. The van der Waals surface area contributed by atoms with Crippen molar-refractivity contribution in [2.75, 3.05) is 40.3 Å². The van der Waals surface area contributed by atoms with Gasteiger partial charge in [-0.05, 0) is 11.8 Å². The summed E-state index contributed by atoms with van der Waals surface area (Å²) in [6.07, 6.45) is 0. The van der Waals surface area contributed by atoms with Gasteiger partial charge in [0.1, 0.15) is 0 Å². The van der Waals surface area contributed by atoms with Gasteiger partial charge in [-0.2, -0.15) is 0 Å². The average Bonchev–Trinajstić information content (AvgIpc) is 2.59. The van der Waals surface area contributed by atoms with Crippen molar-refractivity contribution in [3.63, 3.8) is 0 Å². The summed E-state index contributed by atoms with van der Waals surface area (Å²) in [6, 6.07) is 0.161. The van der Waals surface area contributed by atoms with Crippen molar-refractivity contribution in [1.29, 1.82) is 0 Å². The van der Waals surface area contributed by atoms with Crippen LogP contribution in [-0.4, -0.2) is 56.1 Å². The third-order valence-corrected chi connectivity index (χ3v) is 3.04. The maximum Gasteiger partial charge on any atom is 0.319 e. The van der Waals surface area contributed by atoms with Crippen LogP contribution in [0, 0.1) is 11.8 Å². The molecule has 4 nitrogen and oxygen atoms in total. The number of carbonyl (C=O) groups excluding carboxylic acids is 1. The molecule has 2 aliphatic rings. The van der Waals surface area contributed by atoms with E-state index >= 15 is 0 Å². The largest absolute Gasteiger partial charge is 0.331 e. The molecular weight excluding hydrogens is 202 g/mol. The summed E-state index contributed by atoms with van der Waals surface area (Å²) >= 11 is 0. The first-order chi connectivity index (χ1) is 6.18. The van der Waals surface area contributed by atoms with Gasteiger partial charge in [0.25, 0.3) is 0 Å². The molecule has 2 fully saturated rings. The number of carbonyl (C=O) groups is 1. The van der Waals surface area contributed by atoms with Gasteiger partial charge in [-0.25, -0.2) is 4.79 Å². The number of amides is 2. The average molecular weight is 220 g/mol. The number of likely N-dealkylation sites (tertiary alicyclic amines) is 1. The van der Waals surface area contributed by atoms with Crippen molar-refractivity contribution in [3.8, 4) is 0 Å². The zero-order valence-electron chi connectivity index (χ0n) is 8.69. The number of hydrogen-bond donors (Lipinski definition) is 1. The number of nitrogens with one attached hydrogen (secondary N) is 1. The van der Waals surface area contributed by atoms with Crippen LogP contribution in [-0.2, 0) is 0 Å². The van der Waals surface area contributed by atoms with Crippen LogP contribution < -0.4 is 5.32 Å². The molecule has 0 aliphatic carbocycles. The molecule has 1 N–H and O–H groups in total. The SMILES string of the molecule is CN(C)C(=O)N1CC2CNCC2C1.Cl. The predicted molar refractivity (Wildman–Crippen MR) is 57.8 cm³/mol. The summed E-state index contributed by atoms with van der Waals surface area (Å²) in [4.78, 5) is 15.2. The maximum atomic E-state index is 11.6. The lowest BCUT2D eigenvalue weighted by molar-refractivity contribution is 0.178. The Kier molecular flexibility index (Phi) is 3.61. The van der Waals surface area contributed by atoms with Crippen molar-refractivity contribution in [2.45, 2.75) is 0 Å².